The summed E-state index contributed by atoms with van der Waals surface area (Å²) in [5.74, 6) is -1.24. The van der Waals surface area contributed by atoms with E-state index in [2.05, 4.69) is 15.8 Å². The van der Waals surface area contributed by atoms with Gasteiger partial charge < -0.3 is 0 Å². The number of aromatic nitrogens is 1. The molecule has 1 aliphatic rings. The molecule has 0 aliphatic carbocycles. The Kier molecular flexibility index (Phi) is 6.44. The van der Waals surface area contributed by atoms with Gasteiger partial charge in [0, 0.05) is 24.4 Å². The van der Waals surface area contributed by atoms with Gasteiger partial charge in [0.1, 0.15) is 5.69 Å². The molecule has 1 saturated heterocycles. The molecule has 0 bridgehead atoms. The van der Waals surface area contributed by atoms with Crippen molar-refractivity contribution in [1.82, 2.24) is 20.1 Å². The molecular weight excluding hydrogens is 440 g/mol. The molecule has 2 heterocycles. The topological polar surface area (TPSA) is 108 Å². The SMILES string of the molecule is Cc1ccc(S(=O)(=O)N2CCC(C(=O)NNC(=O)c3ccc4ccccc4n3)CC2)c(C)c1. The van der Waals surface area contributed by atoms with E-state index in [9.17, 15) is 18.0 Å². The average Bonchev–Trinajstić information content (AvgIpc) is 2.81. The number of aryl methyl sites for hydroxylation is 2. The number of pyridine rings is 1. The van der Waals surface area contributed by atoms with Gasteiger partial charge in [-0.05, 0) is 50.5 Å². The zero-order valence-corrected chi connectivity index (χ0v) is 19.4. The second-order valence-corrected chi connectivity index (χ2v) is 10.2. The summed E-state index contributed by atoms with van der Waals surface area (Å²) in [5, 5.41) is 0.917. The molecule has 1 aromatic heterocycles. The van der Waals surface area contributed by atoms with Crippen LogP contribution in [0.1, 0.15) is 34.5 Å². The molecule has 0 saturated carbocycles. The summed E-state index contributed by atoms with van der Waals surface area (Å²) < 4.78 is 27.5. The van der Waals surface area contributed by atoms with Gasteiger partial charge in [-0.25, -0.2) is 13.4 Å². The van der Waals surface area contributed by atoms with Crippen molar-refractivity contribution in [2.75, 3.05) is 13.1 Å². The van der Waals surface area contributed by atoms with Gasteiger partial charge in [0.2, 0.25) is 15.9 Å². The number of hydrogen-bond donors (Lipinski definition) is 2. The molecule has 1 fully saturated rings. The van der Waals surface area contributed by atoms with Crippen molar-refractivity contribution in [2.24, 2.45) is 5.92 Å². The van der Waals surface area contributed by atoms with Gasteiger partial charge >= 0.3 is 0 Å². The van der Waals surface area contributed by atoms with Crippen LogP contribution in [-0.4, -0.2) is 42.6 Å². The lowest BCUT2D eigenvalue weighted by molar-refractivity contribution is -0.126. The maximum Gasteiger partial charge on any atom is 0.288 e. The molecule has 4 rings (SSSR count). The number of nitrogens with one attached hydrogen (secondary N) is 2. The summed E-state index contributed by atoms with van der Waals surface area (Å²) in [5.41, 5.74) is 7.46. The van der Waals surface area contributed by atoms with Crippen LogP contribution in [0.5, 0.6) is 0 Å². The zero-order valence-electron chi connectivity index (χ0n) is 18.5. The average molecular weight is 467 g/mol. The molecule has 0 spiro atoms. The highest BCUT2D eigenvalue weighted by Crippen LogP contribution is 2.26. The Labute approximate surface area is 193 Å². The van der Waals surface area contributed by atoms with Crippen LogP contribution >= 0.6 is 0 Å². The first kappa shape index (κ1) is 22.9. The van der Waals surface area contributed by atoms with E-state index in [1.165, 1.54) is 4.31 Å². The Balaban J connectivity index is 1.33. The largest absolute Gasteiger partial charge is 0.288 e. The minimum Gasteiger partial charge on any atom is -0.273 e. The highest BCUT2D eigenvalue weighted by Gasteiger charge is 2.33. The van der Waals surface area contributed by atoms with E-state index in [4.69, 9.17) is 0 Å². The van der Waals surface area contributed by atoms with Gasteiger partial charge in [-0.2, -0.15) is 4.31 Å². The summed E-state index contributed by atoms with van der Waals surface area (Å²) in [4.78, 5) is 29.6. The number of nitrogens with zero attached hydrogens (tertiary/aromatic N) is 2. The number of rotatable bonds is 4. The summed E-state index contributed by atoms with van der Waals surface area (Å²) >= 11 is 0. The third kappa shape index (κ3) is 4.89. The highest BCUT2D eigenvalue weighted by atomic mass is 32.2. The second-order valence-electron chi connectivity index (χ2n) is 8.28. The number of carbonyl (C=O) groups excluding carboxylic acids is 2. The van der Waals surface area contributed by atoms with Crippen LogP contribution in [0, 0.1) is 19.8 Å². The van der Waals surface area contributed by atoms with Crippen molar-refractivity contribution in [3.8, 4) is 0 Å². The van der Waals surface area contributed by atoms with Crippen LogP contribution in [-0.2, 0) is 14.8 Å². The van der Waals surface area contributed by atoms with Crippen molar-refractivity contribution in [3.63, 3.8) is 0 Å². The standard InChI is InChI=1S/C24H26N4O4S/c1-16-7-10-22(17(2)15-16)33(31,32)28-13-11-19(12-14-28)23(29)26-27-24(30)21-9-8-18-5-3-4-6-20(18)25-21/h3-10,15,19H,11-14H2,1-2H3,(H,26,29)(H,27,30). The smallest absolute Gasteiger partial charge is 0.273 e. The first-order valence-electron chi connectivity index (χ1n) is 10.8. The lowest BCUT2D eigenvalue weighted by Gasteiger charge is -2.31. The summed E-state index contributed by atoms with van der Waals surface area (Å²) in [6.45, 7) is 4.19. The predicted molar refractivity (Wildman–Crippen MR) is 125 cm³/mol. The summed E-state index contributed by atoms with van der Waals surface area (Å²) in [6.07, 6.45) is 0.750. The number of benzene rings is 2. The van der Waals surface area contributed by atoms with Crippen molar-refractivity contribution in [1.29, 1.82) is 0 Å². The van der Waals surface area contributed by atoms with E-state index in [0.29, 0.717) is 28.8 Å². The first-order valence-corrected chi connectivity index (χ1v) is 12.2. The molecular formula is C24H26N4O4S. The minimum atomic E-state index is -3.61. The number of hydrazine groups is 1. The molecule has 8 nitrogen and oxygen atoms in total. The van der Waals surface area contributed by atoms with E-state index in [0.717, 1.165) is 10.9 Å². The van der Waals surface area contributed by atoms with E-state index >= 15 is 0 Å². The van der Waals surface area contributed by atoms with Gasteiger partial charge in [-0.15, -0.1) is 0 Å². The van der Waals surface area contributed by atoms with Crippen molar-refractivity contribution in [3.05, 3.63) is 71.4 Å². The van der Waals surface area contributed by atoms with Crippen LogP contribution in [0.3, 0.4) is 0 Å². The number of fused-ring (bicyclic) bond motifs is 1. The van der Waals surface area contributed by atoms with Crippen molar-refractivity contribution < 1.29 is 18.0 Å². The third-order valence-electron chi connectivity index (χ3n) is 5.90. The lowest BCUT2D eigenvalue weighted by atomic mass is 9.98. The molecule has 0 unspecified atom stereocenters. The minimum absolute atomic E-state index is 0.198. The number of para-hydroxylation sites is 1. The lowest BCUT2D eigenvalue weighted by Crippen LogP contribution is -2.48. The number of piperidine rings is 1. The number of sulfonamides is 1. The second kappa shape index (κ2) is 9.29. The van der Waals surface area contributed by atoms with E-state index in [1.807, 2.05) is 37.3 Å². The normalized spacial score (nSPS) is 15.3. The van der Waals surface area contributed by atoms with Crippen LogP contribution < -0.4 is 10.9 Å². The zero-order chi connectivity index (χ0) is 23.6. The molecule has 3 aromatic rings. The van der Waals surface area contributed by atoms with Crippen LogP contribution in [0.2, 0.25) is 0 Å². The monoisotopic (exact) mass is 466 g/mol. The number of carbonyl (C=O) groups is 2. The van der Waals surface area contributed by atoms with Crippen LogP contribution in [0.25, 0.3) is 10.9 Å². The van der Waals surface area contributed by atoms with E-state index < -0.39 is 15.9 Å². The maximum absolute atomic E-state index is 13.0. The first-order chi connectivity index (χ1) is 15.8. The Hall–Kier alpha value is -3.30. The highest BCUT2D eigenvalue weighted by molar-refractivity contribution is 7.89. The number of hydrogen-bond acceptors (Lipinski definition) is 5. The quantitative estimate of drug-likeness (QED) is 0.575. The Bertz CT molecular complexity index is 1320. The van der Waals surface area contributed by atoms with E-state index in [-0.39, 0.29) is 30.6 Å². The fraction of sp³-hybridized carbons (Fsp3) is 0.292. The van der Waals surface area contributed by atoms with Gasteiger partial charge in [0.05, 0.1) is 10.4 Å². The molecule has 2 amide bonds. The number of amides is 2. The molecule has 2 N–H and O–H groups in total. The molecule has 33 heavy (non-hydrogen) atoms. The Morgan fingerprint density at radius 1 is 0.970 bits per heavy atom. The predicted octanol–water partition coefficient (Wildman–Crippen LogP) is 2.71. The summed E-state index contributed by atoms with van der Waals surface area (Å²) in [7, 11) is -3.61. The van der Waals surface area contributed by atoms with E-state index in [1.54, 1.807) is 31.2 Å². The Morgan fingerprint density at radius 3 is 2.42 bits per heavy atom. The van der Waals surface area contributed by atoms with Gasteiger partial charge in [-0.1, -0.05) is 42.0 Å². The Morgan fingerprint density at radius 2 is 1.70 bits per heavy atom. The molecule has 9 heteroatoms. The van der Waals surface area contributed by atoms with Crippen LogP contribution in [0.15, 0.2) is 59.5 Å². The van der Waals surface area contributed by atoms with Crippen molar-refractivity contribution in [2.45, 2.75) is 31.6 Å². The van der Waals surface area contributed by atoms with Crippen LogP contribution in [0.4, 0.5) is 0 Å². The van der Waals surface area contributed by atoms with Crippen molar-refractivity contribution >= 4 is 32.7 Å². The molecule has 0 radical (unpaired) electrons. The fourth-order valence-electron chi connectivity index (χ4n) is 4.06. The summed E-state index contributed by atoms with van der Waals surface area (Å²) in [6, 6.07) is 16.1. The maximum atomic E-state index is 13.0. The van der Waals surface area contributed by atoms with Gasteiger partial charge in [-0.3, -0.25) is 20.4 Å². The third-order valence-corrected chi connectivity index (χ3v) is 7.96. The molecule has 0 atom stereocenters. The fourth-order valence-corrected chi connectivity index (χ4v) is 5.74. The molecule has 2 aromatic carbocycles. The molecule has 1 aliphatic heterocycles. The van der Waals surface area contributed by atoms with Gasteiger partial charge in [0.25, 0.3) is 5.91 Å². The molecule has 172 valence electrons. The van der Waals surface area contributed by atoms with Gasteiger partial charge in [0.15, 0.2) is 0 Å².